The molecule has 98 valence electrons. The Hall–Kier alpha value is -1.28. The van der Waals surface area contributed by atoms with E-state index in [4.69, 9.17) is 4.42 Å². The molecule has 18 heavy (non-hydrogen) atoms. The van der Waals surface area contributed by atoms with Crippen molar-refractivity contribution in [2.45, 2.75) is 46.1 Å². The molecule has 0 aliphatic heterocycles. The lowest BCUT2D eigenvalue weighted by Crippen LogP contribution is -2.03. The topological polar surface area (TPSA) is 33.4 Å². The van der Waals surface area contributed by atoms with E-state index in [0.717, 1.165) is 17.4 Å². The fourth-order valence-electron chi connectivity index (χ4n) is 2.12. The second-order valence-corrected chi connectivity index (χ2v) is 5.31. The van der Waals surface area contributed by atoms with Crippen molar-refractivity contribution in [2.24, 2.45) is 5.92 Å². The Morgan fingerprint density at radius 1 is 1.22 bits per heavy atom. The zero-order chi connectivity index (χ0) is 13.1. The normalized spacial score (nSPS) is 13.4. The van der Waals surface area contributed by atoms with Gasteiger partial charge in [0.25, 0.3) is 0 Å². The summed E-state index contributed by atoms with van der Waals surface area (Å²) in [6, 6.07) is 8.27. The van der Waals surface area contributed by atoms with Gasteiger partial charge in [-0.1, -0.05) is 33.3 Å². The van der Waals surface area contributed by atoms with E-state index in [2.05, 4.69) is 19.1 Å². The van der Waals surface area contributed by atoms with Crippen LogP contribution in [0.2, 0.25) is 0 Å². The third-order valence-electron chi connectivity index (χ3n) is 3.34. The standard InChI is InChI=1S/C16H22O2/c1-4-5-6-12-7-8-14-13(9-12)10-15(18-14)16(17)11(2)3/h7-11,16-17H,4-6H2,1-3H3. The predicted octanol–water partition coefficient (Wildman–Crippen LogP) is 4.46. The van der Waals surface area contributed by atoms with Gasteiger partial charge in [-0.05, 0) is 42.5 Å². The summed E-state index contributed by atoms with van der Waals surface area (Å²) in [5.74, 6) is 0.845. The Morgan fingerprint density at radius 3 is 2.67 bits per heavy atom. The van der Waals surface area contributed by atoms with Crippen LogP contribution in [0.5, 0.6) is 0 Å². The molecule has 0 radical (unpaired) electrons. The summed E-state index contributed by atoms with van der Waals surface area (Å²) in [7, 11) is 0. The number of aryl methyl sites for hydroxylation is 1. The van der Waals surface area contributed by atoms with Crippen LogP contribution in [0.25, 0.3) is 11.0 Å². The lowest BCUT2D eigenvalue weighted by atomic mass is 10.0. The van der Waals surface area contributed by atoms with Crippen molar-refractivity contribution < 1.29 is 9.52 Å². The third kappa shape index (κ3) is 2.75. The summed E-state index contributed by atoms with van der Waals surface area (Å²) in [6.45, 7) is 6.18. The first kappa shape index (κ1) is 13.2. The Morgan fingerprint density at radius 2 is 2.00 bits per heavy atom. The highest BCUT2D eigenvalue weighted by Gasteiger charge is 2.16. The number of aliphatic hydroxyl groups is 1. The van der Waals surface area contributed by atoms with Crippen molar-refractivity contribution in [1.82, 2.24) is 0 Å². The van der Waals surface area contributed by atoms with Gasteiger partial charge in [-0.15, -0.1) is 0 Å². The molecule has 0 fully saturated rings. The molecule has 1 unspecified atom stereocenters. The van der Waals surface area contributed by atoms with E-state index in [1.165, 1.54) is 18.4 Å². The number of fused-ring (bicyclic) bond motifs is 1. The van der Waals surface area contributed by atoms with Crippen molar-refractivity contribution in [3.05, 3.63) is 35.6 Å². The number of benzene rings is 1. The van der Waals surface area contributed by atoms with Crippen molar-refractivity contribution >= 4 is 11.0 Å². The Bertz CT molecular complexity index is 511. The fraction of sp³-hybridized carbons (Fsp3) is 0.500. The second kappa shape index (κ2) is 5.57. The molecule has 0 amide bonds. The summed E-state index contributed by atoms with van der Waals surface area (Å²) in [5.41, 5.74) is 2.21. The summed E-state index contributed by atoms with van der Waals surface area (Å²) >= 11 is 0. The van der Waals surface area contributed by atoms with E-state index < -0.39 is 6.10 Å². The van der Waals surface area contributed by atoms with Crippen LogP contribution in [-0.2, 0) is 6.42 Å². The molecule has 2 rings (SSSR count). The van der Waals surface area contributed by atoms with E-state index in [1.807, 2.05) is 26.0 Å². The van der Waals surface area contributed by atoms with Crippen LogP contribution < -0.4 is 0 Å². The van der Waals surface area contributed by atoms with Gasteiger partial charge < -0.3 is 9.52 Å². The minimum atomic E-state index is -0.517. The summed E-state index contributed by atoms with van der Waals surface area (Å²) in [5, 5.41) is 11.1. The first-order valence-corrected chi connectivity index (χ1v) is 6.82. The Balaban J connectivity index is 2.28. The van der Waals surface area contributed by atoms with Crippen molar-refractivity contribution in [3.63, 3.8) is 0 Å². The summed E-state index contributed by atoms with van der Waals surface area (Å²) in [4.78, 5) is 0. The lowest BCUT2D eigenvalue weighted by Gasteiger charge is -2.10. The average molecular weight is 246 g/mol. The largest absolute Gasteiger partial charge is 0.458 e. The van der Waals surface area contributed by atoms with Gasteiger partial charge in [0.15, 0.2) is 0 Å². The van der Waals surface area contributed by atoms with Gasteiger partial charge in [-0.2, -0.15) is 0 Å². The first-order chi connectivity index (χ1) is 8.61. The number of hydrogen-bond acceptors (Lipinski definition) is 2. The highest BCUT2D eigenvalue weighted by molar-refractivity contribution is 5.78. The van der Waals surface area contributed by atoms with E-state index >= 15 is 0 Å². The molecule has 2 heteroatoms. The minimum absolute atomic E-state index is 0.171. The molecule has 0 spiro atoms. The SMILES string of the molecule is CCCCc1ccc2oc(C(O)C(C)C)cc2c1. The molecule has 2 nitrogen and oxygen atoms in total. The molecule has 1 atom stereocenters. The molecule has 0 bridgehead atoms. The fourth-order valence-corrected chi connectivity index (χ4v) is 2.12. The van der Waals surface area contributed by atoms with Gasteiger partial charge in [-0.3, -0.25) is 0 Å². The molecule has 0 saturated carbocycles. The molecular weight excluding hydrogens is 224 g/mol. The maximum Gasteiger partial charge on any atom is 0.134 e. The Kier molecular flexibility index (Phi) is 4.07. The van der Waals surface area contributed by atoms with Crippen LogP contribution in [0, 0.1) is 5.92 Å². The monoisotopic (exact) mass is 246 g/mol. The van der Waals surface area contributed by atoms with Crippen molar-refractivity contribution in [3.8, 4) is 0 Å². The van der Waals surface area contributed by atoms with Crippen LogP contribution in [0.3, 0.4) is 0 Å². The Labute approximate surface area is 109 Å². The number of furan rings is 1. The van der Waals surface area contributed by atoms with Gasteiger partial charge in [-0.25, -0.2) is 0 Å². The van der Waals surface area contributed by atoms with E-state index in [-0.39, 0.29) is 5.92 Å². The molecule has 0 aliphatic rings. The summed E-state index contributed by atoms with van der Waals surface area (Å²) < 4.78 is 5.70. The summed E-state index contributed by atoms with van der Waals surface area (Å²) in [6.07, 6.45) is 3.02. The van der Waals surface area contributed by atoms with Crippen molar-refractivity contribution in [1.29, 1.82) is 0 Å². The zero-order valence-electron chi connectivity index (χ0n) is 11.4. The zero-order valence-corrected chi connectivity index (χ0v) is 11.4. The van der Waals surface area contributed by atoms with Gasteiger partial charge in [0.2, 0.25) is 0 Å². The maximum absolute atomic E-state index is 10.0. The smallest absolute Gasteiger partial charge is 0.134 e. The molecule has 1 N–H and O–H groups in total. The van der Waals surface area contributed by atoms with Gasteiger partial charge in [0.1, 0.15) is 17.4 Å². The van der Waals surface area contributed by atoms with Gasteiger partial charge in [0.05, 0.1) is 0 Å². The van der Waals surface area contributed by atoms with Crippen LogP contribution in [-0.4, -0.2) is 5.11 Å². The first-order valence-electron chi connectivity index (χ1n) is 6.82. The maximum atomic E-state index is 10.0. The molecule has 1 heterocycles. The quantitative estimate of drug-likeness (QED) is 0.844. The second-order valence-electron chi connectivity index (χ2n) is 5.31. The van der Waals surface area contributed by atoms with Gasteiger partial charge >= 0.3 is 0 Å². The van der Waals surface area contributed by atoms with Crippen LogP contribution >= 0.6 is 0 Å². The van der Waals surface area contributed by atoms with Crippen molar-refractivity contribution in [2.75, 3.05) is 0 Å². The predicted molar refractivity (Wildman–Crippen MR) is 74.6 cm³/mol. The number of unbranched alkanes of at least 4 members (excludes halogenated alkanes) is 1. The molecular formula is C16H22O2. The van der Waals surface area contributed by atoms with Gasteiger partial charge in [0, 0.05) is 5.39 Å². The molecule has 2 aromatic rings. The lowest BCUT2D eigenvalue weighted by molar-refractivity contribution is 0.104. The molecule has 1 aromatic carbocycles. The highest BCUT2D eigenvalue weighted by Crippen LogP contribution is 2.28. The molecule has 1 aromatic heterocycles. The number of rotatable bonds is 5. The van der Waals surface area contributed by atoms with Crippen LogP contribution in [0.15, 0.2) is 28.7 Å². The number of aliphatic hydroxyl groups excluding tert-OH is 1. The molecule has 0 saturated heterocycles. The van der Waals surface area contributed by atoms with E-state index in [9.17, 15) is 5.11 Å². The minimum Gasteiger partial charge on any atom is -0.458 e. The highest BCUT2D eigenvalue weighted by atomic mass is 16.4. The number of hydrogen-bond donors (Lipinski definition) is 1. The van der Waals surface area contributed by atoms with E-state index in [1.54, 1.807) is 0 Å². The van der Waals surface area contributed by atoms with Crippen LogP contribution in [0.4, 0.5) is 0 Å². The third-order valence-corrected chi connectivity index (χ3v) is 3.34. The molecule has 0 aliphatic carbocycles. The van der Waals surface area contributed by atoms with Crippen LogP contribution in [0.1, 0.15) is 51.0 Å². The van der Waals surface area contributed by atoms with E-state index in [0.29, 0.717) is 5.76 Å². The average Bonchev–Trinajstić information content (AvgIpc) is 2.77.